The predicted octanol–water partition coefficient (Wildman–Crippen LogP) is 4.01. The molecule has 0 radical (unpaired) electrons. The zero-order chi connectivity index (χ0) is 14.3. The number of thiophene rings is 1. The minimum Gasteiger partial charge on any atom is -0.261 e. The van der Waals surface area contributed by atoms with Gasteiger partial charge in [-0.3, -0.25) is 4.68 Å². The molecule has 5 heteroatoms. The maximum Gasteiger partial charge on any atom is 0.127 e. The molecule has 3 rings (SSSR count). The highest BCUT2D eigenvalue weighted by Gasteiger charge is 2.18. The number of aryl methyl sites for hydroxylation is 2. The summed E-state index contributed by atoms with van der Waals surface area (Å²) in [5.41, 5.74) is 3.43. The van der Waals surface area contributed by atoms with E-state index in [4.69, 9.17) is 0 Å². The Morgan fingerprint density at radius 3 is 2.80 bits per heavy atom. The van der Waals surface area contributed by atoms with Crippen LogP contribution in [0.15, 0.2) is 18.6 Å². The SMILES string of the molecule is CCc1c(C)sc2ncnc(-c3ccnn3C(C)C)c12. The molecule has 0 N–H and O–H groups in total. The standard InChI is InChI=1S/C15H18N4S/c1-5-11-10(4)20-15-13(11)14(16-8-17-15)12-6-7-18-19(12)9(2)3/h6-9H,5H2,1-4H3. The van der Waals surface area contributed by atoms with Gasteiger partial charge in [0.1, 0.15) is 16.9 Å². The third-order valence-corrected chi connectivity index (χ3v) is 4.60. The molecule has 0 atom stereocenters. The second kappa shape index (κ2) is 4.98. The maximum atomic E-state index is 4.55. The second-order valence-corrected chi connectivity index (χ2v) is 6.35. The topological polar surface area (TPSA) is 43.6 Å². The largest absolute Gasteiger partial charge is 0.261 e. The average molecular weight is 286 g/mol. The van der Waals surface area contributed by atoms with Crippen LogP contribution in [-0.2, 0) is 6.42 Å². The fourth-order valence-corrected chi connectivity index (χ4v) is 3.72. The summed E-state index contributed by atoms with van der Waals surface area (Å²) in [5, 5.41) is 5.62. The van der Waals surface area contributed by atoms with Crippen molar-refractivity contribution in [1.82, 2.24) is 19.7 Å². The lowest BCUT2D eigenvalue weighted by Crippen LogP contribution is -2.05. The lowest BCUT2D eigenvalue weighted by atomic mass is 10.1. The van der Waals surface area contributed by atoms with Crippen LogP contribution in [0.25, 0.3) is 21.6 Å². The van der Waals surface area contributed by atoms with E-state index in [1.54, 1.807) is 17.7 Å². The van der Waals surface area contributed by atoms with Crippen LogP contribution in [0.4, 0.5) is 0 Å². The van der Waals surface area contributed by atoms with Crippen LogP contribution >= 0.6 is 11.3 Å². The first-order valence-corrected chi connectivity index (χ1v) is 7.72. The van der Waals surface area contributed by atoms with E-state index < -0.39 is 0 Å². The Morgan fingerprint density at radius 2 is 2.10 bits per heavy atom. The van der Waals surface area contributed by atoms with Gasteiger partial charge in [0.05, 0.1) is 5.69 Å². The van der Waals surface area contributed by atoms with Crippen LogP contribution in [-0.4, -0.2) is 19.7 Å². The van der Waals surface area contributed by atoms with Crippen LogP contribution in [0, 0.1) is 6.92 Å². The van der Waals surface area contributed by atoms with Crippen LogP contribution in [0.1, 0.15) is 37.3 Å². The number of rotatable bonds is 3. The van der Waals surface area contributed by atoms with Gasteiger partial charge >= 0.3 is 0 Å². The van der Waals surface area contributed by atoms with Crippen molar-refractivity contribution >= 4 is 21.6 Å². The molecule has 20 heavy (non-hydrogen) atoms. The summed E-state index contributed by atoms with van der Waals surface area (Å²) in [4.78, 5) is 11.4. The van der Waals surface area contributed by atoms with Crippen molar-refractivity contribution in [1.29, 1.82) is 0 Å². The summed E-state index contributed by atoms with van der Waals surface area (Å²) in [6.07, 6.45) is 4.50. The van der Waals surface area contributed by atoms with Crippen molar-refractivity contribution in [2.75, 3.05) is 0 Å². The lowest BCUT2D eigenvalue weighted by molar-refractivity contribution is 0.538. The van der Waals surface area contributed by atoms with E-state index in [0.717, 1.165) is 22.6 Å². The Balaban J connectivity index is 2.33. The second-order valence-electron chi connectivity index (χ2n) is 5.15. The maximum absolute atomic E-state index is 4.55. The van der Waals surface area contributed by atoms with E-state index in [-0.39, 0.29) is 0 Å². The van der Waals surface area contributed by atoms with Crippen molar-refractivity contribution in [3.63, 3.8) is 0 Å². The highest BCUT2D eigenvalue weighted by atomic mass is 32.1. The normalized spacial score (nSPS) is 11.7. The van der Waals surface area contributed by atoms with Gasteiger partial charge in [-0.05, 0) is 38.8 Å². The molecular weight excluding hydrogens is 268 g/mol. The third-order valence-electron chi connectivity index (χ3n) is 3.54. The first-order valence-electron chi connectivity index (χ1n) is 6.90. The highest BCUT2D eigenvalue weighted by molar-refractivity contribution is 7.18. The van der Waals surface area contributed by atoms with E-state index >= 15 is 0 Å². The van der Waals surface area contributed by atoms with E-state index in [0.29, 0.717) is 6.04 Å². The molecular formula is C15H18N4S. The van der Waals surface area contributed by atoms with E-state index in [9.17, 15) is 0 Å². The molecule has 0 fully saturated rings. The Morgan fingerprint density at radius 1 is 1.30 bits per heavy atom. The number of fused-ring (bicyclic) bond motifs is 1. The van der Waals surface area contributed by atoms with Gasteiger partial charge in [-0.15, -0.1) is 11.3 Å². The molecule has 0 bridgehead atoms. The van der Waals surface area contributed by atoms with Crippen LogP contribution in [0.2, 0.25) is 0 Å². The van der Waals surface area contributed by atoms with Crippen LogP contribution in [0.3, 0.4) is 0 Å². The molecule has 0 saturated heterocycles. The van der Waals surface area contributed by atoms with E-state index in [2.05, 4.69) is 42.8 Å². The van der Waals surface area contributed by atoms with E-state index in [1.165, 1.54) is 15.8 Å². The van der Waals surface area contributed by atoms with Gasteiger partial charge in [0, 0.05) is 22.5 Å². The predicted molar refractivity (Wildman–Crippen MR) is 83.1 cm³/mol. The van der Waals surface area contributed by atoms with Gasteiger partial charge in [0.25, 0.3) is 0 Å². The molecule has 104 valence electrons. The minimum atomic E-state index is 0.315. The monoisotopic (exact) mass is 286 g/mol. The summed E-state index contributed by atoms with van der Waals surface area (Å²) >= 11 is 1.75. The average Bonchev–Trinajstić information content (AvgIpc) is 3.00. The first-order chi connectivity index (χ1) is 9.63. The first kappa shape index (κ1) is 13.2. The summed E-state index contributed by atoms with van der Waals surface area (Å²) < 4.78 is 2.02. The molecule has 0 aliphatic rings. The smallest absolute Gasteiger partial charge is 0.127 e. The number of hydrogen-bond acceptors (Lipinski definition) is 4. The van der Waals surface area contributed by atoms with E-state index in [1.807, 2.05) is 16.9 Å². The fraction of sp³-hybridized carbons (Fsp3) is 0.400. The number of hydrogen-bond donors (Lipinski definition) is 0. The van der Waals surface area contributed by atoms with Gasteiger partial charge in [0.15, 0.2) is 0 Å². The Bertz CT molecular complexity index is 754. The quantitative estimate of drug-likeness (QED) is 0.730. The third kappa shape index (κ3) is 1.93. The molecule has 0 aromatic carbocycles. The molecule has 3 heterocycles. The Labute approximate surface area is 122 Å². The van der Waals surface area contributed by atoms with Crippen molar-refractivity contribution in [3.8, 4) is 11.4 Å². The molecule has 0 saturated carbocycles. The molecule has 0 spiro atoms. The van der Waals surface area contributed by atoms with Crippen molar-refractivity contribution in [2.45, 2.75) is 40.2 Å². The zero-order valence-electron chi connectivity index (χ0n) is 12.2. The van der Waals surface area contributed by atoms with Crippen LogP contribution in [0.5, 0.6) is 0 Å². The molecule has 4 nitrogen and oxygen atoms in total. The van der Waals surface area contributed by atoms with Gasteiger partial charge in [-0.1, -0.05) is 6.92 Å². The molecule has 0 aliphatic heterocycles. The Kier molecular flexibility index (Phi) is 3.30. The van der Waals surface area contributed by atoms with Crippen molar-refractivity contribution in [2.24, 2.45) is 0 Å². The molecule has 3 aromatic rings. The highest BCUT2D eigenvalue weighted by Crippen LogP contribution is 2.36. The minimum absolute atomic E-state index is 0.315. The number of nitrogens with zero attached hydrogens (tertiary/aromatic N) is 4. The summed E-state index contributed by atoms with van der Waals surface area (Å²) in [5.74, 6) is 0. The van der Waals surface area contributed by atoms with Crippen LogP contribution < -0.4 is 0 Å². The van der Waals surface area contributed by atoms with Gasteiger partial charge in [0.2, 0.25) is 0 Å². The molecule has 3 aromatic heterocycles. The summed E-state index contributed by atoms with van der Waals surface area (Å²) in [6.45, 7) is 8.61. The summed E-state index contributed by atoms with van der Waals surface area (Å²) in [7, 11) is 0. The number of aromatic nitrogens is 4. The van der Waals surface area contributed by atoms with Gasteiger partial charge < -0.3 is 0 Å². The fourth-order valence-electron chi connectivity index (χ4n) is 2.63. The Hall–Kier alpha value is -1.75. The molecule has 0 unspecified atom stereocenters. The summed E-state index contributed by atoms with van der Waals surface area (Å²) in [6, 6.07) is 2.35. The van der Waals surface area contributed by atoms with Crippen molar-refractivity contribution < 1.29 is 0 Å². The zero-order valence-corrected chi connectivity index (χ0v) is 13.0. The molecule has 0 aliphatic carbocycles. The molecule has 0 amide bonds. The van der Waals surface area contributed by atoms with Gasteiger partial charge in [-0.25, -0.2) is 9.97 Å². The van der Waals surface area contributed by atoms with Gasteiger partial charge in [-0.2, -0.15) is 5.10 Å². The lowest BCUT2D eigenvalue weighted by Gasteiger charge is -2.11. The van der Waals surface area contributed by atoms with Crippen molar-refractivity contribution in [3.05, 3.63) is 29.0 Å².